The molecule has 3 rings (SSSR count). The first-order chi connectivity index (χ1) is 10.3. The summed E-state index contributed by atoms with van der Waals surface area (Å²) in [6.45, 7) is 0.786. The normalized spacial score (nSPS) is 13.8. The second-order valence-corrected chi connectivity index (χ2v) is 5.43. The first kappa shape index (κ1) is 13.8. The number of benzene rings is 1. The number of nitrogens with two attached hydrogens (primary N) is 1. The minimum Gasteiger partial charge on any atom is -0.326 e. The number of nitrogens with zero attached hydrogens (tertiary/aromatic N) is 2. The molecule has 0 fully saturated rings. The van der Waals surface area contributed by atoms with E-state index in [-0.39, 0.29) is 5.91 Å². The van der Waals surface area contributed by atoms with Gasteiger partial charge in [0.25, 0.3) is 0 Å². The van der Waals surface area contributed by atoms with Crippen molar-refractivity contribution in [3.63, 3.8) is 0 Å². The van der Waals surface area contributed by atoms with Crippen LogP contribution in [0.25, 0.3) is 0 Å². The number of fused-ring (bicyclic) bond motifs is 1. The van der Waals surface area contributed by atoms with Crippen molar-refractivity contribution in [2.24, 2.45) is 5.73 Å². The Morgan fingerprint density at radius 3 is 3.05 bits per heavy atom. The lowest BCUT2D eigenvalue weighted by molar-refractivity contribution is -0.116. The van der Waals surface area contributed by atoms with Crippen molar-refractivity contribution in [2.45, 2.75) is 38.8 Å². The van der Waals surface area contributed by atoms with Gasteiger partial charge in [-0.05, 0) is 43.4 Å². The second-order valence-electron chi connectivity index (χ2n) is 5.43. The SMILES string of the molecule is NCc1cccc(NC(=O)Cn2cnc3c2CCCC3)c1. The number of hydrogen-bond donors (Lipinski definition) is 2. The zero-order chi connectivity index (χ0) is 14.7. The van der Waals surface area contributed by atoms with Gasteiger partial charge in [-0.3, -0.25) is 4.79 Å². The Balaban J connectivity index is 1.67. The summed E-state index contributed by atoms with van der Waals surface area (Å²) in [5, 5.41) is 2.92. The van der Waals surface area contributed by atoms with E-state index in [0.717, 1.165) is 29.8 Å². The Bertz CT molecular complexity index is 647. The summed E-state index contributed by atoms with van der Waals surface area (Å²) >= 11 is 0. The summed E-state index contributed by atoms with van der Waals surface area (Å²) in [4.78, 5) is 16.6. The van der Waals surface area contributed by atoms with Gasteiger partial charge in [-0.2, -0.15) is 0 Å². The van der Waals surface area contributed by atoms with Crippen molar-refractivity contribution in [3.05, 3.63) is 47.5 Å². The van der Waals surface area contributed by atoms with Crippen molar-refractivity contribution >= 4 is 11.6 Å². The average Bonchev–Trinajstić information content (AvgIpc) is 2.91. The van der Waals surface area contributed by atoms with E-state index in [4.69, 9.17) is 5.73 Å². The highest BCUT2D eigenvalue weighted by molar-refractivity contribution is 5.90. The van der Waals surface area contributed by atoms with Crippen LogP contribution in [-0.4, -0.2) is 15.5 Å². The lowest BCUT2D eigenvalue weighted by Crippen LogP contribution is -2.20. The first-order valence-electron chi connectivity index (χ1n) is 7.38. The van der Waals surface area contributed by atoms with Crippen molar-refractivity contribution in [1.29, 1.82) is 0 Å². The second kappa shape index (κ2) is 6.10. The van der Waals surface area contributed by atoms with Gasteiger partial charge in [0.05, 0.1) is 12.0 Å². The van der Waals surface area contributed by atoms with E-state index in [1.54, 1.807) is 6.33 Å². The van der Waals surface area contributed by atoms with Crippen molar-refractivity contribution in [1.82, 2.24) is 9.55 Å². The van der Waals surface area contributed by atoms with E-state index < -0.39 is 0 Å². The molecule has 0 aliphatic heterocycles. The molecule has 0 saturated heterocycles. The molecule has 1 aliphatic rings. The van der Waals surface area contributed by atoms with Crippen LogP contribution in [0.2, 0.25) is 0 Å². The zero-order valence-electron chi connectivity index (χ0n) is 12.0. The van der Waals surface area contributed by atoms with Crippen LogP contribution in [0.5, 0.6) is 0 Å². The van der Waals surface area contributed by atoms with Gasteiger partial charge < -0.3 is 15.6 Å². The van der Waals surface area contributed by atoms with Crippen LogP contribution in [0.4, 0.5) is 5.69 Å². The molecule has 1 aliphatic carbocycles. The van der Waals surface area contributed by atoms with Crippen LogP contribution in [0.1, 0.15) is 29.8 Å². The molecule has 1 amide bonds. The third-order valence-electron chi connectivity index (χ3n) is 3.87. The van der Waals surface area contributed by atoms with Gasteiger partial charge in [0.15, 0.2) is 0 Å². The number of anilines is 1. The molecular weight excluding hydrogens is 264 g/mol. The third-order valence-corrected chi connectivity index (χ3v) is 3.87. The average molecular weight is 284 g/mol. The molecule has 1 heterocycles. The molecule has 1 aromatic carbocycles. The Hall–Kier alpha value is -2.14. The van der Waals surface area contributed by atoms with Gasteiger partial charge >= 0.3 is 0 Å². The minimum atomic E-state index is -0.0325. The van der Waals surface area contributed by atoms with Crippen LogP contribution in [0, 0.1) is 0 Å². The number of aromatic nitrogens is 2. The molecule has 1 aromatic heterocycles. The van der Waals surface area contributed by atoms with E-state index in [1.165, 1.54) is 18.5 Å². The smallest absolute Gasteiger partial charge is 0.244 e. The fourth-order valence-corrected chi connectivity index (χ4v) is 2.80. The van der Waals surface area contributed by atoms with Crippen LogP contribution in [0.15, 0.2) is 30.6 Å². The summed E-state index contributed by atoms with van der Waals surface area (Å²) in [5.41, 5.74) is 9.77. The molecule has 0 spiro atoms. The Labute approximate surface area is 124 Å². The Kier molecular flexibility index (Phi) is 4.01. The highest BCUT2D eigenvalue weighted by Crippen LogP contribution is 2.20. The maximum atomic E-state index is 12.2. The molecule has 5 heteroatoms. The molecule has 0 unspecified atom stereocenters. The number of imidazole rings is 1. The maximum Gasteiger partial charge on any atom is 0.244 e. The molecule has 3 N–H and O–H groups in total. The molecule has 0 saturated carbocycles. The molecular formula is C16H20N4O. The molecule has 21 heavy (non-hydrogen) atoms. The van der Waals surface area contributed by atoms with Gasteiger partial charge in [-0.25, -0.2) is 4.98 Å². The molecule has 5 nitrogen and oxygen atoms in total. The predicted octanol–water partition coefficient (Wildman–Crippen LogP) is 1.86. The van der Waals surface area contributed by atoms with Crippen molar-refractivity contribution < 1.29 is 4.79 Å². The summed E-state index contributed by atoms with van der Waals surface area (Å²) in [7, 11) is 0. The number of aryl methyl sites for hydroxylation is 1. The van der Waals surface area contributed by atoms with E-state index >= 15 is 0 Å². The Morgan fingerprint density at radius 1 is 1.33 bits per heavy atom. The summed E-state index contributed by atoms with van der Waals surface area (Å²) in [6, 6.07) is 7.63. The lowest BCUT2D eigenvalue weighted by Gasteiger charge is -2.14. The van der Waals surface area contributed by atoms with Gasteiger partial charge in [0, 0.05) is 17.9 Å². The third kappa shape index (κ3) is 3.13. The molecule has 0 bridgehead atoms. The van der Waals surface area contributed by atoms with E-state index in [2.05, 4.69) is 10.3 Å². The summed E-state index contributed by atoms with van der Waals surface area (Å²) < 4.78 is 1.97. The zero-order valence-corrected chi connectivity index (χ0v) is 12.0. The summed E-state index contributed by atoms with van der Waals surface area (Å²) in [5.74, 6) is -0.0325. The highest BCUT2D eigenvalue weighted by atomic mass is 16.1. The van der Waals surface area contributed by atoms with Crippen molar-refractivity contribution in [3.8, 4) is 0 Å². The monoisotopic (exact) mass is 284 g/mol. The largest absolute Gasteiger partial charge is 0.326 e. The van der Waals surface area contributed by atoms with Gasteiger partial charge in [-0.15, -0.1) is 0 Å². The predicted molar refractivity (Wildman–Crippen MR) is 81.8 cm³/mol. The molecule has 0 atom stereocenters. The van der Waals surface area contributed by atoms with Crippen molar-refractivity contribution in [2.75, 3.05) is 5.32 Å². The van der Waals surface area contributed by atoms with E-state index in [0.29, 0.717) is 13.1 Å². The topological polar surface area (TPSA) is 72.9 Å². The Morgan fingerprint density at radius 2 is 2.19 bits per heavy atom. The van der Waals surface area contributed by atoms with Crippen LogP contribution in [-0.2, 0) is 30.7 Å². The highest BCUT2D eigenvalue weighted by Gasteiger charge is 2.16. The maximum absolute atomic E-state index is 12.2. The molecule has 0 radical (unpaired) electrons. The number of amides is 1. The number of carbonyl (C=O) groups excluding carboxylic acids is 1. The quantitative estimate of drug-likeness (QED) is 0.900. The van der Waals surface area contributed by atoms with Crippen LogP contribution in [0.3, 0.4) is 0 Å². The van der Waals surface area contributed by atoms with Crippen LogP contribution >= 0.6 is 0 Å². The molecule has 110 valence electrons. The van der Waals surface area contributed by atoms with Gasteiger partial charge in [0.2, 0.25) is 5.91 Å². The van der Waals surface area contributed by atoms with Gasteiger partial charge in [-0.1, -0.05) is 12.1 Å². The number of hydrogen-bond acceptors (Lipinski definition) is 3. The first-order valence-corrected chi connectivity index (χ1v) is 7.38. The number of carbonyl (C=O) groups is 1. The fraction of sp³-hybridized carbons (Fsp3) is 0.375. The fourth-order valence-electron chi connectivity index (χ4n) is 2.80. The summed E-state index contributed by atoms with van der Waals surface area (Å²) in [6.07, 6.45) is 6.21. The van der Waals surface area contributed by atoms with E-state index in [9.17, 15) is 4.79 Å². The molecule has 2 aromatic rings. The number of rotatable bonds is 4. The van der Waals surface area contributed by atoms with Crippen LogP contribution < -0.4 is 11.1 Å². The number of nitrogens with one attached hydrogen (secondary N) is 1. The minimum absolute atomic E-state index is 0.0325. The standard InChI is InChI=1S/C16H20N4O/c17-9-12-4-3-5-13(8-12)19-16(21)10-20-11-18-14-6-1-2-7-15(14)20/h3-5,8,11H,1-2,6-7,9-10,17H2,(H,19,21). The lowest BCUT2D eigenvalue weighted by atomic mass is 10.0. The van der Waals surface area contributed by atoms with E-state index in [1.807, 2.05) is 28.8 Å². The van der Waals surface area contributed by atoms with Gasteiger partial charge in [0.1, 0.15) is 6.54 Å².